The number of carboxylic acids is 1. The minimum absolute atomic E-state index is 0.0670. The predicted octanol–water partition coefficient (Wildman–Crippen LogP) is 2.60. The van der Waals surface area contributed by atoms with E-state index >= 15 is 0 Å². The molecule has 0 radical (unpaired) electrons. The quantitative estimate of drug-likeness (QED) is 0.583. The van der Waals surface area contributed by atoms with Crippen LogP contribution in [0.5, 0.6) is 0 Å². The molecule has 8 heteroatoms. The molecule has 5 rings (SSSR count). The van der Waals surface area contributed by atoms with E-state index < -0.39 is 35.9 Å². The maximum Gasteiger partial charge on any atom is 0.308 e. The molecule has 4 unspecified atom stereocenters. The molecule has 0 amide bonds. The maximum absolute atomic E-state index is 12.1. The first-order valence-corrected chi connectivity index (χ1v) is 9.86. The monoisotopic (exact) mass is 384 g/mol. The molecule has 1 spiro atoms. The number of ether oxygens (including phenoxy) is 3. The second kappa shape index (κ2) is 6.69. The van der Waals surface area contributed by atoms with Crippen LogP contribution in [0.4, 0.5) is 0 Å². The molecule has 5 aliphatic rings. The van der Waals surface area contributed by atoms with Crippen molar-refractivity contribution in [3.05, 3.63) is 0 Å². The summed E-state index contributed by atoms with van der Waals surface area (Å²) in [5.41, 5.74) is -0.697. The van der Waals surface area contributed by atoms with Crippen molar-refractivity contribution in [2.75, 3.05) is 0 Å². The van der Waals surface area contributed by atoms with Crippen LogP contribution in [0, 0.1) is 23.7 Å². The van der Waals surface area contributed by atoms with Gasteiger partial charge in [0.05, 0.1) is 12.8 Å². The molecular weight excluding hydrogens is 356 g/mol. The summed E-state index contributed by atoms with van der Waals surface area (Å²) in [5, 5.41) is 8.76. The van der Waals surface area contributed by atoms with Crippen LogP contribution in [0.15, 0.2) is 0 Å². The fraction of sp³-hybridized carbons (Fsp3) is 0.895. The van der Waals surface area contributed by atoms with Gasteiger partial charge in [-0.3, -0.25) is 9.59 Å². The van der Waals surface area contributed by atoms with Crippen LogP contribution in [-0.2, 0) is 33.6 Å². The summed E-state index contributed by atoms with van der Waals surface area (Å²) >= 11 is 0. The number of fused-ring (bicyclic) bond motifs is 2. The summed E-state index contributed by atoms with van der Waals surface area (Å²) in [6, 6.07) is 0. The average molecular weight is 384 g/mol. The Balaban J connectivity index is 1.58. The first-order chi connectivity index (χ1) is 12.7. The van der Waals surface area contributed by atoms with Crippen LogP contribution < -0.4 is 0 Å². The molecule has 0 aromatic rings. The van der Waals surface area contributed by atoms with Crippen LogP contribution in [0.3, 0.4) is 0 Å². The van der Waals surface area contributed by atoms with Crippen LogP contribution in [-0.4, -0.2) is 41.0 Å². The van der Waals surface area contributed by atoms with E-state index in [1.54, 1.807) is 0 Å². The van der Waals surface area contributed by atoms with Crippen molar-refractivity contribution in [3.8, 4) is 0 Å². The first kappa shape index (κ1) is 19.1. The summed E-state index contributed by atoms with van der Waals surface area (Å²) in [6.07, 6.45) is 1.72. The van der Waals surface area contributed by atoms with E-state index in [9.17, 15) is 9.59 Å². The molecule has 4 aliphatic heterocycles. The maximum atomic E-state index is 12.1. The lowest BCUT2D eigenvalue weighted by molar-refractivity contribution is -0.576. The van der Waals surface area contributed by atoms with Gasteiger partial charge >= 0.3 is 11.9 Å². The Hall–Kier alpha value is -1.22. The molecule has 8 atom stereocenters. The molecule has 0 aromatic heterocycles. The molecule has 2 bridgehead atoms. The van der Waals surface area contributed by atoms with Crippen molar-refractivity contribution in [3.63, 3.8) is 0 Å². The van der Waals surface area contributed by atoms with Gasteiger partial charge in [0.2, 0.25) is 12.1 Å². The van der Waals surface area contributed by atoms with Gasteiger partial charge in [-0.15, -0.1) is 0 Å². The molecule has 1 aliphatic carbocycles. The molecule has 0 aromatic carbocycles. The van der Waals surface area contributed by atoms with Gasteiger partial charge in [0.25, 0.3) is 0 Å². The molecule has 1 N–H and O–H groups in total. The van der Waals surface area contributed by atoms with Crippen molar-refractivity contribution in [2.45, 2.75) is 83.3 Å². The van der Waals surface area contributed by atoms with Gasteiger partial charge in [-0.2, -0.15) is 0 Å². The van der Waals surface area contributed by atoms with Gasteiger partial charge in [-0.1, -0.05) is 13.8 Å². The normalized spacial score (nSPS) is 48.4. The van der Waals surface area contributed by atoms with Crippen LogP contribution in [0.2, 0.25) is 0 Å². The number of carbonyl (C=O) groups excluding carboxylic acids is 1. The largest absolute Gasteiger partial charge is 0.481 e. The number of carboxylic acid groups (broad SMARTS) is 1. The molecule has 152 valence electrons. The number of aliphatic carboxylic acids is 1. The van der Waals surface area contributed by atoms with Crippen molar-refractivity contribution in [1.29, 1.82) is 0 Å². The smallest absolute Gasteiger partial charge is 0.308 e. The molecule has 8 nitrogen and oxygen atoms in total. The zero-order valence-electron chi connectivity index (χ0n) is 16.0. The molecule has 4 saturated heterocycles. The minimum atomic E-state index is -1.03. The Morgan fingerprint density at radius 1 is 1.11 bits per heavy atom. The number of rotatable bonds is 4. The fourth-order valence-corrected chi connectivity index (χ4v) is 5.40. The van der Waals surface area contributed by atoms with Crippen LogP contribution in [0.25, 0.3) is 0 Å². The summed E-state index contributed by atoms with van der Waals surface area (Å²) in [4.78, 5) is 34.5. The molecule has 4 heterocycles. The lowest BCUT2D eigenvalue weighted by Crippen LogP contribution is -2.70. The lowest BCUT2D eigenvalue weighted by atomic mass is 9.58. The molecule has 27 heavy (non-hydrogen) atoms. The average Bonchev–Trinajstić information content (AvgIpc) is 2.84. The summed E-state index contributed by atoms with van der Waals surface area (Å²) in [6.45, 7) is 6.06. The lowest BCUT2D eigenvalue weighted by Gasteiger charge is -2.59. The van der Waals surface area contributed by atoms with Gasteiger partial charge in [0, 0.05) is 18.3 Å². The van der Waals surface area contributed by atoms with E-state index in [4.69, 9.17) is 29.1 Å². The molecular formula is C19H28O8. The Kier molecular flexibility index (Phi) is 4.73. The fourth-order valence-electron chi connectivity index (χ4n) is 5.40. The SMILES string of the molecule is CC1CCC2[C@@H](C)[C@H](OC(=O)CCC(=O)O)O[C@@H]3OC4(C)CC[C@@H]1C23OO4. The highest BCUT2D eigenvalue weighted by Gasteiger charge is 2.69. The second-order valence-corrected chi connectivity index (χ2v) is 8.66. The standard InChI is InChI=1S/C19H28O8/c1-10-4-5-13-11(2)16(23-15(22)7-6-14(20)21)24-17-19(13)12(10)8-9-18(3,25-17)26-27-19/h10-13,16-17H,4-9H2,1-3H3,(H,20,21)/t10?,11-,12+,13?,16-,17-,18?,19?/m1/s1. The summed E-state index contributed by atoms with van der Waals surface area (Å²) in [5.74, 6) is -1.82. The van der Waals surface area contributed by atoms with Crippen LogP contribution >= 0.6 is 0 Å². The van der Waals surface area contributed by atoms with Crippen molar-refractivity contribution in [1.82, 2.24) is 0 Å². The Labute approximate surface area is 158 Å². The summed E-state index contributed by atoms with van der Waals surface area (Å²) in [7, 11) is 0. The van der Waals surface area contributed by atoms with Crippen molar-refractivity contribution < 1.29 is 38.7 Å². The number of hydrogen-bond donors (Lipinski definition) is 1. The highest BCUT2D eigenvalue weighted by Crippen LogP contribution is 2.60. The first-order valence-electron chi connectivity index (χ1n) is 9.86. The predicted molar refractivity (Wildman–Crippen MR) is 89.8 cm³/mol. The van der Waals surface area contributed by atoms with E-state index in [0.29, 0.717) is 12.3 Å². The van der Waals surface area contributed by atoms with Gasteiger partial charge in [0.15, 0.2) is 11.9 Å². The second-order valence-electron chi connectivity index (χ2n) is 8.66. The highest BCUT2D eigenvalue weighted by molar-refractivity contribution is 5.76. The van der Waals surface area contributed by atoms with Gasteiger partial charge in [0.1, 0.15) is 0 Å². The number of carbonyl (C=O) groups is 2. The minimum Gasteiger partial charge on any atom is -0.481 e. The zero-order valence-corrected chi connectivity index (χ0v) is 16.0. The van der Waals surface area contributed by atoms with Crippen molar-refractivity contribution >= 4 is 11.9 Å². The number of hydrogen-bond acceptors (Lipinski definition) is 7. The third kappa shape index (κ3) is 3.06. The number of esters is 1. The van der Waals surface area contributed by atoms with Gasteiger partial charge in [-0.25, -0.2) is 9.78 Å². The Bertz CT molecular complexity index is 623. The van der Waals surface area contributed by atoms with Gasteiger partial charge in [-0.05, 0) is 38.0 Å². The zero-order chi connectivity index (χ0) is 19.4. The Morgan fingerprint density at radius 3 is 2.63 bits per heavy atom. The summed E-state index contributed by atoms with van der Waals surface area (Å²) < 4.78 is 17.8. The van der Waals surface area contributed by atoms with E-state index in [0.717, 1.165) is 19.3 Å². The molecule has 1 saturated carbocycles. The van der Waals surface area contributed by atoms with E-state index in [-0.39, 0.29) is 30.6 Å². The van der Waals surface area contributed by atoms with E-state index in [1.165, 1.54) is 0 Å². The van der Waals surface area contributed by atoms with E-state index in [1.807, 2.05) is 13.8 Å². The van der Waals surface area contributed by atoms with E-state index in [2.05, 4.69) is 6.92 Å². The van der Waals surface area contributed by atoms with Crippen LogP contribution in [0.1, 0.15) is 59.3 Å². The highest BCUT2D eigenvalue weighted by atomic mass is 17.3. The third-order valence-electron chi connectivity index (χ3n) is 6.89. The Morgan fingerprint density at radius 2 is 1.89 bits per heavy atom. The van der Waals surface area contributed by atoms with Crippen molar-refractivity contribution in [2.24, 2.45) is 23.7 Å². The van der Waals surface area contributed by atoms with Gasteiger partial charge < -0.3 is 19.3 Å². The third-order valence-corrected chi connectivity index (χ3v) is 6.89. The molecule has 5 fully saturated rings. The topological polar surface area (TPSA) is 101 Å².